The van der Waals surface area contributed by atoms with Crippen LogP contribution in [0.25, 0.3) is 0 Å². The highest BCUT2D eigenvalue weighted by Crippen LogP contribution is 2.24. The van der Waals surface area contributed by atoms with Crippen molar-refractivity contribution in [3.8, 4) is 5.75 Å². The van der Waals surface area contributed by atoms with E-state index in [1.54, 1.807) is 42.5 Å². The predicted molar refractivity (Wildman–Crippen MR) is 146 cm³/mol. The van der Waals surface area contributed by atoms with Crippen molar-refractivity contribution in [2.24, 2.45) is 0 Å². The number of halogens is 3. The number of carbonyl (C=O) groups is 2. The molecule has 0 aliphatic rings. The molecule has 0 unspecified atom stereocenters. The van der Waals surface area contributed by atoms with E-state index in [1.165, 1.54) is 4.90 Å². The molecule has 3 rings (SSSR count). The van der Waals surface area contributed by atoms with Gasteiger partial charge in [-0.05, 0) is 60.9 Å². The lowest BCUT2D eigenvalue weighted by Gasteiger charge is -2.32. The summed E-state index contributed by atoms with van der Waals surface area (Å²) in [6, 6.07) is 20.6. The zero-order chi connectivity index (χ0) is 26.1. The minimum atomic E-state index is -0.783. The number of ether oxygens (including phenoxy) is 1. The van der Waals surface area contributed by atoms with Crippen molar-refractivity contribution in [3.63, 3.8) is 0 Å². The van der Waals surface area contributed by atoms with E-state index in [0.717, 1.165) is 12.0 Å². The molecule has 0 saturated heterocycles. The maximum atomic E-state index is 13.6. The maximum absolute atomic E-state index is 13.6. The number of nitrogens with one attached hydrogen (secondary N) is 1. The van der Waals surface area contributed by atoms with Crippen molar-refractivity contribution in [3.05, 3.63) is 99.0 Å². The van der Waals surface area contributed by atoms with Crippen molar-refractivity contribution in [1.82, 2.24) is 10.2 Å². The van der Waals surface area contributed by atoms with E-state index in [1.807, 2.05) is 44.2 Å². The van der Waals surface area contributed by atoms with Gasteiger partial charge in [0.1, 0.15) is 11.8 Å². The third-order valence-corrected chi connectivity index (χ3v) is 6.64. The van der Waals surface area contributed by atoms with E-state index in [-0.39, 0.29) is 31.0 Å². The van der Waals surface area contributed by atoms with Crippen LogP contribution < -0.4 is 10.1 Å². The lowest BCUT2D eigenvalue weighted by Crippen LogP contribution is -2.53. The largest absolute Gasteiger partial charge is 0.484 e. The Kier molecular flexibility index (Phi) is 10.5. The molecule has 36 heavy (non-hydrogen) atoms. The Hall–Kier alpha value is -2.73. The zero-order valence-electron chi connectivity index (χ0n) is 20.2. The highest BCUT2D eigenvalue weighted by atomic mass is 35.5. The van der Waals surface area contributed by atoms with Gasteiger partial charge in [0.2, 0.25) is 5.91 Å². The Morgan fingerprint density at radius 3 is 2.25 bits per heavy atom. The van der Waals surface area contributed by atoms with Gasteiger partial charge in [0.15, 0.2) is 6.61 Å². The van der Waals surface area contributed by atoms with E-state index in [0.29, 0.717) is 32.8 Å². The first-order chi connectivity index (χ1) is 17.3. The van der Waals surface area contributed by atoms with Crippen LogP contribution in [0.2, 0.25) is 15.1 Å². The standard InChI is InChI=1S/C28H29Cl3N2O3/c1-3-19(2)32-28(35)26(15-20-7-5-4-6-8-20)33(17-21-9-10-23(30)16-25(21)31)27(34)18-36-24-13-11-22(29)12-14-24/h4-14,16,19,26H,3,15,17-18H2,1-2H3,(H,32,35)/t19-,26-/m0/s1. The molecular formula is C28H29Cl3N2O3. The van der Waals surface area contributed by atoms with Crippen LogP contribution in [0.5, 0.6) is 5.75 Å². The quantitative estimate of drug-likeness (QED) is 0.295. The summed E-state index contributed by atoms with van der Waals surface area (Å²) in [4.78, 5) is 28.6. The van der Waals surface area contributed by atoms with Gasteiger partial charge < -0.3 is 15.0 Å². The topological polar surface area (TPSA) is 58.6 Å². The first-order valence-corrected chi connectivity index (χ1v) is 12.9. The predicted octanol–water partition coefficient (Wildman–Crippen LogP) is 6.58. The van der Waals surface area contributed by atoms with Crippen LogP contribution in [0.3, 0.4) is 0 Å². The molecule has 5 nitrogen and oxygen atoms in total. The average molecular weight is 548 g/mol. The molecule has 1 N–H and O–H groups in total. The van der Waals surface area contributed by atoms with Gasteiger partial charge >= 0.3 is 0 Å². The molecule has 3 aromatic carbocycles. The Labute approximate surface area is 227 Å². The summed E-state index contributed by atoms with van der Waals surface area (Å²) < 4.78 is 5.74. The van der Waals surface area contributed by atoms with Crippen molar-refractivity contribution >= 4 is 46.6 Å². The molecule has 0 aliphatic carbocycles. The third kappa shape index (κ3) is 8.16. The fourth-order valence-corrected chi connectivity index (χ4v) is 4.18. The summed E-state index contributed by atoms with van der Waals surface area (Å²) in [6.45, 7) is 3.79. The Morgan fingerprint density at radius 1 is 0.944 bits per heavy atom. The van der Waals surface area contributed by atoms with E-state index in [4.69, 9.17) is 39.5 Å². The number of carbonyl (C=O) groups excluding carboxylic acids is 2. The smallest absolute Gasteiger partial charge is 0.261 e. The molecule has 3 aromatic rings. The number of benzene rings is 3. The number of rotatable bonds is 11. The molecule has 8 heteroatoms. The molecular weight excluding hydrogens is 519 g/mol. The fraction of sp³-hybridized carbons (Fsp3) is 0.286. The van der Waals surface area contributed by atoms with Gasteiger partial charge in [0, 0.05) is 34.1 Å². The highest BCUT2D eigenvalue weighted by Gasteiger charge is 2.31. The van der Waals surface area contributed by atoms with Gasteiger partial charge in [-0.15, -0.1) is 0 Å². The maximum Gasteiger partial charge on any atom is 0.261 e. The molecule has 0 aromatic heterocycles. The molecule has 0 bridgehead atoms. The summed E-state index contributed by atoms with van der Waals surface area (Å²) in [5, 5.41) is 4.50. The fourth-order valence-electron chi connectivity index (χ4n) is 3.59. The average Bonchev–Trinajstić information content (AvgIpc) is 2.87. The van der Waals surface area contributed by atoms with E-state index < -0.39 is 6.04 Å². The number of hydrogen-bond donors (Lipinski definition) is 1. The second-order valence-electron chi connectivity index (χ2n) is 8.52. The molecule has 0 fully saturated rings. The SMILES string of the molecule is CC[C@H](C)NC(=O)[C@H](Cc1ccccc1)N(Cc1ccc(Cl)cc1Cl)C(=O)COc1ccc(Cl)cc1. The van der Waals surface area contributed by atoms with Gasteiger partial charge in [-0.2, -0.15) is 0 Å². The number of amides is 2. The summed E-state index contributed by atoms with van der Waals surface area (Å²) in [6.07, 6.45) is 1.10. The number of hydrogen-bond acceptors (Lipinski definition) is 3. The van der Waals surface area contributed by atoms with Crippen LogP contribution in [0.1, 0.15) is 31.4 Å². The molecule has 0 heterocycles. The summed E-state index contributed by atoms with van der Waals surface area (Å²) >= 11 is 18.5. The van der Waals surface area contributed by atoms with Crippen molar-refractivity contribution in [2.45, 2.75) is 45.3 Å². The number of nitrogens with zero attached hydrogens (tertiary/aromatic N) is 1. The van der Waals surface area contributed by atoms with Gasteiger partial charge in [-0.1, -0.05) is 78.1 Å². The first-order valence-electron chi connectivity index (χ1n) is 11.7. The second-order valence-corrected chi connectivity index (χ2v) is 9.80. The van der Waals surface area contributed by atoms with Gasteiger partial charge in [0.25, 0.3) is 5.91 Å². The summed E-state index contributed by atoms with van der Waals surface area (Å²) in [7, 11) is 0. The first kappa shape index (κ1) is 27.9. The Balaban J connectivity index is 1.93. The van der Waals surface area contributed by atoms with Crippen molar-refractivity contribution in [2.75, 3.05) is 6.61 Å². The van der Waals surface area contributed by atoms with Crippen LogP contribution in [-0.2, 0) is 22.6 Å². The van der Waals surface area contributed by atoms with Crippen molar-refractivity contribution in [1.29, 1.82) is 0 Å². The van der Waals surface area contributed by atoms with Gasteiger partial charge in [-0.3, -0.25) is 9.59 Å². The molecule has 2 atom stereocenters. The summed E-state index contributed by atoms with van der Waals surface area (Å²) in [5.74, 6) is -0.0878. The molecule has 2 amide bonds. The normalized spacial score (nSPS) is 12.5. The van der Waals surface area contributed by atoms with E-state index in [2.05, 4.69) is 5.32 Å². The Bertz CT molecular complexity index is 1160. The van der Waals surface area contributed by atoms with Gasteiger partial charge in [0.05, 0.1) is 0 Å². The van der Waals surface area contributed by atoms with Crippen LogP contribution >= 0.6 is 34.8 Å². The van der Waals surface area contributed by atoms with E-state index in [9.17, 15) is 9.59 Å². The van der Waals surface area contributed by atoms with E-state index >= 15 is 0 Å². The monoisotopic (exact) mass is 546 g/mol. The summed E-state index contributed by atoms with van der Waals surface area (Å²) in [5.41, 5.74) is 1.61. The van der Waals surface area contributed by atoms with Crippen LogP contribution in [0.15, 0.2) is 72.8 Å². The Morgan fingerprint density at radius 2 is 1.61 bits per heavy atom. The molecule has 0 aliphatic heterocycles. The molecule has 0 saturated carbocycles. The highest BCUT2D eigenvalue weighted by molar-refractivity contribution is 6.35. The van der Waals surface area contributed by atoms with Crippen LogP contribution in [-0.4, -0.2) is 35.4 Å². The third-order valence-electron chi connectivity index (χ3n) is 5.80. The van der Waals surface area contributed by atoms with Gasteiger partial charge in [-0.25, -0.2) is 0 Å². The molecule has 190 valence electrons. The molecule has 0 spiro atoms. The second kappa shape index (κ2) is 13.5. The minimum absolute atomic E-state index is 0.0443. The lowest BCUT2D eigenvalue weighted by atomic mass is 10.0. The lowest BCUT2D eigenvalue weighted by molar-refractivity contribution is -0.143. The zero-order valence-corrected chi connectivity index (χ0v) is 22.5. The van der Waals surface area contributed by atoms with Crippen molar-refractivity contribution < 1.29 is 14.3 Å². The van der Waals surface area contributed by atoms with Crippen LogP contribution in [0, 0.1) is 0 Å². The minimum Gasteiger partial charge on any atom is -0.484 e. The molecule has 0 radical (unpaired) electrons. The van der Waals surface area contributed by atoms with Crippen LogP contribution in [0.4, 0.5) is 0 Å².